The first-order valence-electron chi connectivity index (χ1n) is 13.6. The van der Waals surface area contributed by atoms with Gasteiger partial charge in [0.15, 0.2) is 0 Å². The molecule has 0 unspecified atom stereocenters. The van der Waals surface area contributed by atoms with Crippen LogP contribution in [0.4, 0.5) is 0 Å². The molecule has 5 atom stereocenters. The van der Waals surface area contributed by atoms with Gasteiger partial charge in [0.25, 0.3) is 0 Å². The third kappa shape index (κ3) is 8.52. The number of azide groups is 1. The Balaban J connectivity index is 1.43. The molecule has 1 saturated heterocycles. The van der Waals surface area contributed by atoms with Crippen molar-refractivity contribution >= 4 is 19.4 Å². The van der Waals surface area contributed by atoms with Crippen LogP contribution in [-0.4, -0.2) is 50.9 Å². The van der Waals surface area contributed by atoms with Crippen molar-refractivity contribution in [2.24, 2.45) is 5.11 Å². The van der Waals surface area contributed by atoms with Crippen LogP contribution in [0.5, 0.6) is 0 Å². The Bertz CT molecular complexity index is 1360. The van der Waals surface area contributed by atoms with E-state index in [0.29, 0.717) is 26.4 Å². The zero-order valence-corrected chi connectivity index (χ0v) is 24.4. The van der Waals surface area contributed by atoms with Crippen molar-refractivity contribution in [3.05, 3.63) is 148 Å². The summed E-state index contributed by atoms with van der Waals surface area (Å²) in [6.07, 6.45) is -1.48. The van der Waals surface area contributed by atoms with Crippen LogP contribution < -0.4 is 4.46 Å². The summed E-state index contributed by atoms with van der Waals surface area (Å²) < 4.78 is 27.2. The molecule has 4 aromatic rings. The van der Waals surface area contributed by atoms with Gasteiger partial charge in [0, 0.05) is 0 Å². The number of hydrogen-bond donors (Lipinski definition) is 0. The molecule has 1 aliphatic heterocycles. The SMILES string of the molecule is [N-]=[N+]=N[C@@H]1[C@@H](OCc2ccccc2)[C@@H](OCc2ccccc2)[C@@H](COCc2ccccc2)O[C@@H]1[Se]c1ccccc1. The number of hydrogen-bond acceptors (Lipinski definition) is 5. The normalized spacial score (nSPS) is 22.1. The summed E-state index contributed by atoms with van der Waals surface area (Å²) in [5, 5.41) is 3.89. The van der Waals surface area contributed by atoms with Crippen molar-refractivity contribution in [2.45, 2.75) is 49.2 Å². The number of ether oxygens (including phenoxy) is 4. The summed E-state index contributed by atoms with van der Waals surface area (Å²) in [5.74, 6) is 0. The molecule has 0 N–H and O–H groups in total. The van der Waals surface area contributed by atoms with E-state index in [1.54, 1.807) is 0 Å². The molecule has 4 aromatic carbocycles. The molecule has 1 aliphatic rings. The van der Waals surface area contributed by atoms with Crippen molar-refractivity contribution < 1.29 is 18.9 Å². The first kappa shape index (κ1) is 29.1. The van der Waals surface area contributed by atoms with Crippen molar-refractivity contribution in [2.75, 3.05) is 6.61 Å². The van der Waals surface area contributed by atoms with Crippen LogP contribution in [0.15, 0.2) is 126 Å². The third-order valence-corrected chi connectivity index (χ3v) is 9.21. The van der Waals surface area contributed by atoms with E-state index >= 15 is 0 Å². The van der Waals surface area contributed by atoms with Crippen LogP contribution in [0.3, 0.4) is 0 Å². The summed E-state index contributed by atoms with van der Waals surface area (Å²) in [6, 6.07) is 39.6. The molecule has 5 rings (SSSR count). The van der Waals surface area contributed by atoms with Gasteiger partial charge in [0.2, 0.25) is 0 Å². The maximum atomic E-state index is 9.62. The standard InChI is InChI=1S/C33H33N3O4Se/c34-36-35-30-32(39-23-27-17-9-3-10-18-27)31(38-22-26-15-7-2-8-16-26)29(24-37-21-25-13-5-1-6-14-25)40-33(30)41-28-19-11-4-12-20-28/h1-20,29-33H,21-24H2/t29-,30-,31+,32-,33-/m1/s1. The second-order valence-electron chi connectivity index (χ2n) is 9.69. The van der Waals surface area contributed by atoms with Crippen molar-refractivity contribution in [3.63, 3.8) is 0 Å². The zero-order valence-electron chi connectivity index (χ0n) is 22.6. The maximum absolute atomic E-state index is 9.62. The molecule has 0 radical (unpaired) electrons. The average molecular weight is 615 g/mol. The minimum atomic E-state index is -0.574. The van der Waals surface area contributed by atoms with Gasteiger partial charge in [-0.15, -0.1) is 0 Å². The Morgan fingerprint density at radius 2 is 1.15 bits per heavy atom. The topological polar surface area (TPSA) is 85.7 Å². The van der Waals surface area contributed by atoms with Crippen molar-refractivity contribution in [1.82, 2.24) is 0 Å². The molecule has 1 heterocycles. The fraction of sp³-hybridized carbons (Fsp3) is 0.273. The molecule has 0 bridgehead atoms. The average Bonchev–Trinajstić information content (AvgIpc) is 3.03. The molecule has 41 heavy (non-hydrogen) atoms. The van der Waals surface area contributed by atoms with E-state index in [1.165, 1.54) is 0 Å². The molecule has 210 valence electrons. The van der Waals surface area contributed by atoms with Crippen molar-refractivity contribution in [3.8, 4) is 0 Å². The van der Waals surface area contributed by atoms with E-state index < -0.39 is 24.4 Å². The summed E-state index contributed by atoms with van der Waals surface area (Å²) >= 11 is -0.142. The monoisotopic (exact) mass is 615 g/mol. The number of rotatable bonds is 13. The Labute approximate surface area is 247 Å². The van der Waals surface area contributed by atoms with E-state index in [2.05, 4.69) is 22.2 Å². The summed E-state index contributed by atoms with van der Waals surface area (Å²) in [7, 11) is 0. The Morgan fingerprint density at radius 3 is 1.68 bits per heavy atom. The van der Waals surface area contributed by atoms with E-state index in [1.807, 2.05) is 109 Å². The molecule has 0 aromatic heterocycles. The second-order valence-corrected chi connectivity index (χ2v) is 12.2. The van der Waals surface area contributed by atoms with Gasteiger partial charge in [-0.3, -0.25) is 0 Å². The van der Waals surface area contributed by atoms with Gasteiger partial charge in [-0.2, -0.15) is 0 Å². The molecule has 0 saturated carbocycles. The predicted octanol–water partition coefficient (Wildman–Crippen LogP) is 5.81. The Kier molecular flexibility index (Phi) is 11.0. The fourth-order valence-electron chi connectivity index (χ4n) is 4.73. The van der Waals surface area contributed by atoms with Gasteiger partial charge >= 0.3 is 248 Å². The van der Waals surface area contributed by atoms with Gasteiger partial charge in [0.1, 0.15) is 0 Å². The quantitative estimate of drug-likeness (QED) is 0.0824. The molecule has 0 spiro atoms. The van der Waals surface area contributed by atoms with E-state index in [4.69, 9.17) is 18.9 Å². The van der Waals surface area contributed by atoms with Crippen LogP contribution in [-0.2, 0) is 38.8 Å². The second kappa shape index (κ2) is 15.5. The summed E-state index contributed by atoms with van der Waals surface area (Å²) in [6.45, 7) is 1.49. The number of nitrogens with zero attached hydrogens (tertiary/aromatic N) is 3. The van der Waals surface area contributed by atoms with Crippen LogP contribution in [0, 0.1) is 0 Å². The van der Waals surface area contributed by atoms with Gasteiger partial charge in [-0.25, -0.2) is 0 Å². The van der Waals surface area contributed by atoms with Gasteiger partial charge in [-0.05, 0) is 0 Å². The van der Waals surface area contributed by atoms with Gasteiger partial charge in [0.05, 0.1) is 0 Å². The van der Waals surface area contributed by atoms with E-state index in [9.17, 15) is 5.53 Å². The third-order valence-electron chi connectivity index (χ3n) is 6.76. The van der Waals surface area contributed by atoms with Gasteiger partial charge < -0.3 is 0 Å². The van der Waals surface area contributed by atoms with Crippen molar-refractivity contribution in [1.29, 1.82) is 0 Å². The molecular weight excluding hydrogens is 581 g/mol. The summed E-state index contributed by atoms with van der Waals surface area (Å²) in [4.78, 5) is 3.22. The van der Waals surface area contributed by atoms with E-state index in [0.717, 1.165) is 21.2 Å². The first-order chi connectivity index (χ1) is 20.3. The van der Waals surface area contributed by atoms with E-state index in [-0.39, 0.29) is 20.0 Å². The Hall–Kier alpha value is -3.45. The number of benzene rings is 4. The molecule has 0 amide bonds. The first-order valence-corrected chi connectivity index (χ1v) is 15.5. The fourth-order valence-corrected chi connectivity index (χ4v) is 7.10. The predicted molar refractivity (Wildman–Crippen MR) is 160 cm³/mol. The molecule has 1 fully saturated rings. The molecular formula is C33H33N3O4Se. The molecule has 7 nitrogen and oxygen atoms in total. The van der Waals surface area contributed by atoms with Crippen LogP contribution in [0.25, 0.3) is 10.4 Å². The van der Waals surface area contributed by atoms with Crippen LogP contribution in [0.2, 0.25) is 0 Å². The van der Waals surface area contributed by atoms with Crippen LogP contribution in [0.1, 0.15) is 16.7 Å². The molecule has 8 heteroatoms. The Morgan fingerprint density at radius 1 is 0.659 bits per heavy atom. The molecule has 0 aliphatic carbocycles. The zero-order chi connectivity index (χ0) is 28.1. The van der Waals surface area contributed by atoms with Crippen LogP contribution >= 0.6 is 0 Å². The summed E-state index contributed by atoms with van der Waals surface area (Å²) in [5.41, 5.74) is 12.8. The van der Waals surface area contributed by atoms with Gasteiger partial charge in [-0.1, -0.05) is 0 Å². The minimum absolute atomic E-state index is 0.142.